The van der Waals surface area contributed by atoms with Crippen LogP contribution in [0.4, 0.5) is 0 Å². The maximum Gasteiger partial charge on any atom is 1.00 e. The van der Waals surface area contributed by atoms with Crippen molar-refractivity contribution in [2.75, 3.05) is 0 Å². The summed E-state index contributed by atoms with van der Waals surface area (Å²) in [6.07, 6.45) is 0.949. The molecule has 3 nitrogen and oxygen atoms in total. The summed E-state index contributed by atoms with van der Waals surface area (Å²) in [7, 11) is -1.72. The van der Waals surface area contributed by atoms with E-state index in [-0.39, 0.29) is 31.0 Å². The van der Waals surface area contributed by atoms with E-state index in [1.54, 1.807) is 0 Å². The van der Waals surface area contributed by atoms with E-state index < -0.39 is 7.32 Å². The Morgan fingerprint density at radius 1 is 1.71 bits per heavy atom. The zero-order chi connectivity index (χ0) is 4.99. The van der Waals surface area contributed by atoms with Crippen LogP contribution < -0.4 is 29.6 Å². The van der Waals surface area contributed by atoms with Gasteiger partial charge < -0.3 is 16.1 Å². The predicted octanol–water partition coefficient (Wildman–Crippen LogP) is -3.77. The molecule has 0 rings (SSSR count). The maximum atomic E-state index is 7.81. The first-order chi connectivity index (χ1) is 2.77. The third kappa shape index (κ3) is 10.8. The van der Waals surface area contributed by atoms with E-state index in [0.717, 1.165) is 6.26 Å². The van der Waals surface area contributed by atoms with E-state index in [4.69, 9.17) is 10.0 Å². The first kappa shape index (κ1) is 10.5. The number of hydrogen-bond acceptors (Lipinski definition) is 3. The first-order valence-electron chi connectivity index (χ1n) is 1.40. The van der Waals surface area contributed by atoms with Gasteiger partial charge in [-0.25, -0.2) is 0 Å². The van der Waals surface area contributed by atoms with Crippen LogP contribution in [0.15, 0.2) is 12.8 Å². The van der Waals surface area contributed by atoms with Crippen LogP contribution in [0.5, 0.6) is 0 Å². The van der Waals surface area contributed by atoms with Crippen molar-refractivity contribution < 1.29 is 45.7 Å². The van der Waals surface area contributed by atoms with Crippen LogP contribution in [-0.2, 0) is 4.65 Å². The van der Waals surface area contributed by atoms with Crippen molar-refractivity contribution in [1.29, 1.82) is 0 Å². The van der Waals surface area contributed by atoms with E-state index in [0.29, 0.717) is 0 Å². The molecule has 0 amide bonds. The second kappa shape index (κ2) is 6.52. The third-order valence-corrected chi connectivity index (χ3v) is 0.218. The predicted molar refractivity (Wildman–Crippen MR) is 22.6 cm³/mol. The van der Waals surface area contributed by atoms with Gasteiger partial charge in [0, 0.05) is 0 Å². The topological polar surface area (TPSA) is 49.7 Å². The molecular weight excluding hydrogens is 106 g/mol. The van der Waals surface area contributed by atoms with Gasteiger partial charge in [0.1, 0.15) is 0 Å². The van der Waals surface area contributed by atoms with E-state index in [9.17, 15) is 0 Å². The quantitative estimate of drug-likeness (QED) is 0.285. The van der Waals surface area contributed by atoms with Crippen LogP contribution in [0, 0.1) is 0 Å². The molecule has 36 valence electrons. The molecule has 0 heterocycles. The average molecular weight is 112 g/mol. The molecular formula is C2H6BNaO3. The molecule has 0 radical (unpaired) electrons. The van der Waals surface area contributed by atoms with Crippen LogP contribution in [0.3, 0.4) is 0 Å². The summed E-state index contributed by atoms with van der Waals surface area (Å²) in [4.78, 5) is 0. The van der Waals surface area contributed by atoms with Crippen molar-refractivity contribution in [3.63, 3.8) is 0 Å². The van der Waals surface area contributed by atoms with Crippen LogP contribution in [0.1, 0.15) is 1.43 Å². The maximum absolute atomic E-state index is 7.81. The Kier molecular flexibility index (Phi) is 9.78. The molecule has 0 aliphatic rings. The fraction of sp³-hybridized carbons (Fsp3) is 0. The molecule has 0 aliphatic carbocycles. The molecule has 0 saturated carbocycles. The van der Waals surface area contributed by atoms with Gasteiger partial charge in [-0.05, 0) is 0 Å². The van der Waals surface area contributed by atoms with Crippen molar-refractivity contribution in [3.05, 3.63) is 12.8 Å². The number of hydrogen-bond donors (Lipinski definition) is 2. The Morgan fingerprint density at radius 2 is 2.14 bits per heavy atom. The third-order valence-electron chi connectivity index (χ3n) is 0.218. The van der Waals surface area contributed by atoms with Gasteiger partial charge in [0.25, 0.3) is 0 Å². The minimum absolute atomic E-state index is 0. The second-order valence-corrected chi connectivity index (χ2v) is 0.629. The summed E-state index contributed by atoms with van der Waals surface area (Å²) < 4.78 is 3.92. The Morgan fingerprint density at radius 3 is 2.14 bits per heavy atom. The summed E-state index contributed by atoms with van der Waals surface area (Å²) in [6, 6.07) is 0. The van der Waals surface area contributed by atoms with Gasteiger partial charge in [0.2, 0.25) is 0 Å². The minimum Gasteiger partial charge on any atom is -1.00 e. The molecule has 0 aromatic rings. The van der Waals surface area contributed by atoms with Crippen LogP contribution in [-0.4, -0.2) is 17.4 Å². The molecule has 7 heavy (non-hydrogen) atoms. The molecule has 0 aromatic carbocycles. The summed E-state index contributed by atoms with van der Waals surface area (Å²) in [5.74, 6) is 0. The monoisotopic (exact) mass is 112 g/mol. The fourth-order valence-corrected chi connectivity index (χ4v) is 0.0861. The minimum atomic E-state index is -1.72. The zero-order valence-corrected chi connectivity index (χ0v) is 6.16. The first-order valence-corrected chi connectivity index (χ1v) is 1.40. The van der Waals surface area contributed by atoms with E-state index in [1.807, 2.05) is 0 Å². The largest absolute Gasteiger partial charge is 1.00 e. The Bertz CT molecular complexity index is 52.5. The van der Waals surface area contributed by atoms with Gasteiger partial charge in [-0.1, -0.05) is 6.58 Å². The molecule has 0 aromatic heterocycles. The Hall–Kier alpha value is 0.525. The smallest absolute Gasteiger partial charge is 1.00 e. The van der Waals surface area contributed by atoms with Crippen molar-refractivity contribution in [1.82, 2.24) is 0 Å². The molecule has 0 fully saturated rings. The summed E-state index contributed by atoms with van der Waals surface area (Å²) in [5.41, 5.74) is 0. The van der Waals surface area contributed by atoms with Crippen molar-refractivity contribution >= 4 is 7.32 Å². The molecule has 0 atom stereocenters. The molecule has 2 N–H and O–H groups in total. The van der Waals surface area contributed by atoms with Crippen LogP contribution >= 0.6 is 0 Å². The van der Waals surface area contributed by atoms with E-state index in [1.165, 1.54) is 0 Å². The fourth-order valence-electron chi connectivity index (χ4n) is 0.0861. The van der Waals surface area contributed by atoms with Gasteiger partial charge in [0.05, 0.1) is 6.26 Å². The number of rotatable bonds is 2. The van der Waals surface area contributed by atoms with Crippen LogP contribution in [0.25, 0.3) is 0 Å². The molecule has 0 aliphatic heterocycles. The van der Waals surface area contributed by atoms with Crippen molar-refractivity contribution in [2.45, 2.75) is 0 Å². The zero-order valence-electron chi connectivity index (χ0n) is 5.16. The standard InChI is InChI=1S/C2H5BO3.Na.H/c1-2-6-3(4)5;;/h2,4-5H,1H2;;/q;+1;-1. The normalized spacial score (nSPS) is 6.00. The average Bonchev–Trinajstić information content (AvgIpc) is 1.35. The second-order valence-electron chi connectivity index (χ2n) is 0.629. The van der Waals surface area contributed by atoms with Gasteiger partial charge in [-0.15, -0.1) is 0 Å². The van der Waals surface area contributed by atoms with Crippen LogP contribution in [0.2, 0.25) is 0 Å². The molecule has 0 unspecified atom stereocenters. The van der Waals surface area contributed by atoms with E-state index >= 15 is 0 Å². The van der Waals surface area contributed by atoms with Crippen molar-refractivity contribution in [2.24, 2.45) is 0 Å². The van der Waals surface area contributed by atoms with Crippen molar-refractivity contribution in [3.8, 4) is 0 Å². The van der Waals surface area contributed by atoms with Gasteiger partial charge in [0.15, 0.2) is 0 Å². The molecule has 5 heteroatoms. The Balaban J connectivity index is -0.000000125. The van der Waals surface area contributed by atoms with Gasteiger partial charge in [-0.2, -0.15) is 0 Å². The van der Waals surface area contributed by atoms with E-state index in [2.05, 4.69) is 11.2 Å². The summed E-state index contributed by atoms with van der Waals surface area (Å²) in [6.45, 7) is 3.06. The molecule has 0 bridgehead atoms. The molecule has 0 saturated heterocycles. The molecule has 0 spiro atoms. The Labute approximate surface area is 65.9 Å². The summed E-state index contributed by atoms with van der Waals surface area (Å²) >= 11 is 0. The summed E-state index contributed by atoms with van der Waals surface area (Å²) in [5, 5.41) is 15.6. The van der Waals surface area contributed by atoms with Gasteiger partial charge >= 0.3 is 36.9 Å². The van der Waals surface area contributed by atoms with Gasteiger partial charge in [-0.3, -0.25) is 0 Å². The SMILES string of the molecule is C=COB(O)O.[H-].[Na+].